The molecule has 1 rings (SSSR count). The number of hydrogen-bond donors (Lipinski definition) is 2. The van der Waals surface area contributed by atoms with Gasteiger partial charge in [0.25, 0.3) is 5.91 Å². The molecule has 0 saturated carbocycles. The van der Waals surface area contributed by atoms with E-state index in [4.69, 9.17) is 17.3 Å². The molecule has 0 spiro atoms. The Kier molecular flexibility index (Phi) is 4.79. The van der Waals surface area contributed by atoms with Gasteiger partial charge in [0.2, 0.25) is 5.91 Å². The lowest BCUT2D eigenvalue weighted by Gasteiger charge is -2.04. The molecule has 3 N–H and O–H groups in total. The summed E-state index contributed by atoms with van der Waals surface area (Å²) in [4.78, 5) is 22.3. The second-order valence-electron chi connectivity index (χ2n) is 3.24. The first-order valence-corrected chi connectivity index (χ1v) is 5.42. The quantitative estimate of drug-likeness (QED) is 0.599. The van der Waals surface area contributed by atoms with E-state index >= 15 is 0 Å². The highest BCUT2D eigenvalue weighted by Crippen LogP contribution is 2.03. The van der Waals surface area contributed by atoms with Gasteiger partial charge < -0.3 is 11.1 Å². The van der Waals surface area contributed by atoms with E-state index in [0.29, 0.717) is 23.6 Å². The molecule has 2 amide bonds. The van der Waals surface area contributed by atoms with Crippen molar-refractivity contribution in [1.82, 2.24) is 5.32 Å². The van der Waals surface area contributed by atoms with Crippen molar-refractivity contribution in [3.8, 4) is 0 Å². The second kappa shape index (κ2) is 6.12. The number of halogens is 1. The van der Waals surface area contributed by atoms with E-state index in [1.165, 1.54) is 12.1 Å². The SMILES string of the molecule is NC(=O)c1ccc(C(=O)NCCCCl)cc1. The Hall–Kier alpha value is -1.55. The largest absolute Gasteiger partial charge is 0.366 e. The predicted molar refractivity (Wildman–Crippen MR) is 62.6 cm³/mol. The van der Waals surface area contributed by atoms with Crippen LogP contribution in [-0.2, 0) is 0 Å². The summed E-state index contributed by atoms with van der Waals surface area (Å²) in [5.41, 5.74) is 5.97. The molecule has 0 bridgehead atoms. The fourth-order valence-corrected chi connectivity index (χ4v) is 1.29. The van der Waals surface area contributed by atoms with Crippen LogP contribution in [0, 0.1) is 0 Å². The predicted octanol–water partition coefficient (Wildman–Crippen LogP) is 1.14. The highest BCUT2D eigenvalue weighted by Gasteiger charge is 2.05. The van der Waals surface area contributed by atoms with Crippen LogP contribution < -0.4 is 11.1 Å². The summed E-state index contributed by atoms with van der Waals surface area (Å²) in [6.07, 6.45) is 0.729. The number of benzene rings is 1. The van der Waals surface area contributed by atoms with Crippen LogP contribution in [0.1, 0.15) is 27.1 Å². The van der Waals surface area contributed by atoms with Crippen LogP contribution in [0.2, 0.25) is 0 Å². The average Bonchev–Trinajstić information content (AvgIpc) is 2.29. The average molecular weight is 241 g/mol. The smallest absolute Gasteiger partial charge is 0.251 e. The molecule has 0 atom stereocenters. The van der Waals surface area contributed by atoms with Gasteiger partial charge >= 0.3 is 0 Å². The van der Waals surface area contributed by atoms with Crippen LogP contribution in [0.4, 0.5) is 0 Å². The monoisotopic (exact) mass is 240 g/mol. The minimum Gasteiger partial charge on any atom is -0.366 e. The van der Waals surface area contributed by atoms with Gasteiger partial charge in [0.05, 0.1) is 0 Å². The van der Waals surface area contributed by atoms with Gasteiger partial charge in [-0.05, 0) is 30.7 Å². The van der Waals surface area contributed by atoms with E-state index < -0.39 is 5.91 Å². The van der Waals surface area contributed by atoms with Crippen LogP contribution in [0.5, 0.6) is 0 Å². The van der Waals surface area contributed by atoms with Gasteiger partial charge in [-0.25, -0.2) is 0 Å². The van der Waals surface area contributed by atoms with Crippen molar-refractivity contribution in [3.63, 3.8) is 0 Å². The molecule has 0 aliphatic heterocycles. The van der Waals surface area contributed by atoms with Gasteiger partial charge in [0, 0.05) is 23.6 Å². The third kappa shape index (κ3) is 3.55. The summed E-state index contributed by atoms with van der Waals surface area (Å²) in [6.45, 7) is 0.542. The lowest BCUT2D eigenvalue weighted by atomic mass is 10.1. The molecule has 0 aromatic heterocycles. The van der Waals surface area contributed by atoms with Crippen molar-refractivity contribution in [1.29, 1.82) is 0 Å². The van der Waals surface area contributed by atoms with Gasteiger partial charge in [-0.3, -0.25) is 9.59 Å². The fraction of sp³-hybridized carbons (Fsp3) is 0.273. The number of amides is 2. The molecule has 0 unspecified atom stereocenters. The van der Waals surface area contributed by atoms with Crippen LogP contribution in [0.3, 0.4) is 0 Å². The van der Waals surface area contributed by atoms with E-state index in [2.05, 4.69) is 5.32 Å². The second-order valence-corrected chi connectivity index (χ2v) is 3.62. The molecule has 0 saturated heterocycles. The van der Waals surface area contributed by atoms with Crippen molar-refractivity contribution in [2.24, 2.45) is 5.73 Å². The number of hydrogen-bond acceptors (Lipinski definition) is 2. The number of primary amides is 1. The highest BCUT2D eigenvalue weighted by atomic mass is 35.5. The van der Waals surface area contributed by atoms with Gasteiger partial charge in [0.15, 0.2) is 0 Å². The van der Waals surface area contributed by atoms with E-state index in [1.54, 1.807) is 12.1 Å². The van der Waals surface area contributed by atoms with Crippen molar-refractivity contribution in [2.75, 3.05) is 12.4 Å². The molecule has 0 aliphatic carbocycles. The number of carbonyl (C=O) groups excluding carboxylic acids is 2. The Morgan fingerprint density at radius 2 is 1.75 bits per heavy atom. The van der Waals surface area contributed by atoms with Crippen LogP contribution in [0.15, 0.2) is 24.3 Å². The maximum Gasteiger partial charge on any atom is 0.251 e. The summed E-state index contributed by atoms with van der Waals surface area (Å²) in [5, 5.41) is 2.71. The minimum atomic E-state index is -0.505. The zero-order valence-corrected chi connectivity index (χ0v) is 9.46. The Bertz CT molecular complexity index is 376. The van der Waals surface area contributed by atoms with Crippen LogP contribution in [0.25, 0.3) is 0 Å². The van der Waals surface area contributed by atoms with Crippen LogP contribution >= 0.6 is 11.6 Å². The molecular formula is C11H13ClN2O2. The van der Waals surface area contributed by atoms with Crippen molar-refractivity contribution < 1.29 is 9.59 Å². The minimum absolute atomic E-state index is 0.180. The summed E-state index contributed by atoms with van der Waals surface area (Å²) < 4.78 is 0. The molecule has 5 heteroatoms. The third-order valence-corrected chi connectivity index (χ3v) is 2.29. The zero-order valence-electron chi connectivity index (χ0n) is 8.70. The first-order chi connectivity index (χ1) is 7.65. The van der Waals surface area contributed by atoms with E-state index in [0.717, 1.165) is 6.42 Å². The lowest BCUT2D eigenvalue weighted by molar-refractivity contribution is 0.0951. The fourth-order valence-electron chi connectivity index (χ4n) is 1.16. The number of alkyl halides is 1. The number of carbonyl (C=O) groups is 2. The molecule has 0 aliphatic rings. The van der Waals surface area contributed by atoms with Crippen LogP contribution in [-0.4, -0.2) is 24.2 Å². The first-order valence-electron chi connectivity index (χ1n) is 4.89. The molecule has 1 aromatic carbocycles. The molecule has 1 aromatic rings. The Morgan fingerprint density at radius 1 is 1.19 bits per heavy atom. The Labute approximate surface area is 98.8 Å². The van der Waals surface area contributed by atoms with Gasteiger partial charge in [-0.15, -0.1) is 11.6 Å². The molecule has 4 nitrogen and oxygen atoms in total. The highest BCUT2D eigenvalue weighted by molar-refractivity contribution is 6.17. The van der Waals surface area contributed by atoms with Gasteiger partial charge in [-0.2, -0.15) is 0 Å². The molecular weight excluding hydrogens is 228 g/mol. The zero-order chi connectivity index (χ0) is 12.0. The topological polar surface area (TPSA) is 72.2 Å². The summed E-state index contributed by atoms with van der Waals surface area (Å²) in [6, 6.07) is 6.18. The van der Waals surface area contributed by atoms with Gasteiger partial charge in [0.1, 0.15) is 0 Å². The summed E-state index contributed by atoms with van der Waals surface area (Å²) in [7, 11) is 0. The Balaban J connectivity index is 2.59. The van der Waals surface area contributed by atoms with Crippen molar-refractivity contribution in [3.05, 3.63) is 35.4 Å². The van der Waals surface area contributed by atoms with E-state index in [9.17, 15) is 9.59 Å². The van der Waals surface area contributed by atoms with E-state index in [1.807, 2.05) is 0 Å². The number of nitrogens with two attached hydrogens (primary N) is 1. The molecule has 0 fully saturated rings. The number of rotatable bonds is 5. The number of nitrogens with one attached hydrogen (secondary N) is 1. The molecule has 16 heavy (non-hydrogen) atoms. The molecule has 0 heterocycles. The summed E-state index contributed by atoms with van der Waals surface area (Å²) >= 11 is 5.48. The van der Waals surface area contributed by atoms with E-state index in [-0.39, 0.29) is 5.91 Å². The normalized spacial score (nSPS) is 9.81. The maximum absolute atomic E-state index is 11.5. The Morgan fingerprint density at radius 3 is 2.25 bits per heavy atom. The maximum atomic E-state index is 11.5. The standard InChI is InChI=1S/C11H13ClN2O2/c12-6-1-7-14-11(16)9-4-2-8(3-5-9)10(13)15/h2-5H,1,6-7H2,(H2,13,15)(H,14,16). The summed E-state index contributed by atoms with van der Waals surface area (Å²) in [5.74, 6) is -0.170. The molecule has 0 radical (unpaired) electrons. The van der Waals surface area contributed by atoms with Gasteiger partial charge in [-0.1, -0.05) is 0 Å². The molecule has 86 valence electrons. The lowest BCUT2D eigenvalue weighted by Crippen LogP contribution is -2.24. The van der Waals surface area contributed by atoms with Crippen molar-refractivity contribution >= 4 is 23.4 Å². The van der Waals surface area contributed by atoms with Crippen molar-refractivity contribution in [2.45, 2.75) is 6.42 Å². The third-order valence-electron chi connectivity index (χ3n) is 2.03. The first kappa shape index (κ1) is 12.5.